The van der Waals surface area contributed by atoms with Gasteiger partial charge in [0.25, 0.3) is 0 Å². The molecule has 0 bridgehead atoms. The van der Waals surface area contributed by atoms with Crippen molar-refractivity contribution in [2.75, 3.05) is 31.7 Å². The van der Waals surface area contributed by atoms with E-state index in [1.807, 2.05) is 6.07 Å². The number of rotatable bonds is 7. The summed E-state index contributed by atoms with van der Waals surface area (Å²) in [6.45, 7) is 2.93. The third-order valence-electron chi connectivity index (χ3n) is 2.12. The average molecular weight is 371 g/mol. The van der Waals surface area contributed by atoms with Gasteiger partial charge < -0.3 is 14.8 Å². The lowest BCUT2D eigenvalue weighted by molar-refractivity contribution is -0.148. The van der Waals surface area contributed by atoms with E-state index in [0.29, 0.717) is 29.8 Å². The van der Waals surface area contributed by atoms with Gasteiger partial charge in [-0.3, -0.25) is 0 Å². The van der Waals surface area contributed by atoms with E-state index in [1.165, 1.54) is 0 Å². The Hall–Kier alpha value is -0.490. The highest BCUT2D eigenvalue weighted by Crippen LogP contribution is 2.35. The molecule has 7 heteroatoms. The number of ether oxygens (including phenoxy) is 2. The van der Waals surface area contributed by atoms with E-state index in [0.717, 1.165) is 10.2 Å². The number of benzene rings is 1. The van der Waals surface area contributed by atoms with Crippen LogP contribution in [0.25, 0.3) is 0 Å². The Kier molecular flexibility index (Phi) is 7.53. The predicted octanol–water partition coefficient (Wildman–Crippen LogP) is 3.75. The standard InChI is InChI=1S/C12H14BrCl2NO3/c1-2-19-10(17)7-18-6-5-16-9-4-3-8(13)11(14)12(9)15/h3-4,16H,2,5-7H2,1H3. The van der Waals surface area contributed by atoms with Gasteiger partial charge in [0.1, 0.15) is 6.61 Å². The van der Waals surface area contributed by atoms with Crippen molar-refractivity contribution in [2.24, 2.45) is 0 Å². The van der Waals surface area contributed by atoms with E-state index in [9.17, 15) is 4.79 Å². The first-order valence-electron chi connectivity index (χ1n) is 5.67. The van der Waals surface area contributed by atoms with E-state index >= 15 is 0 Å². The summed E-state index contributed by atoms with van der Waals surface area (Å²) in [6.07, 6.45) is 0. The van der Waals surface area contributed by atoms with Crippen LogP contribution in [0.5, 0.6) is 0 Å². The van der Waals surface area contributed by atoms with Gasteiger partial charge in [0, 0.05) is 11.0 Å². The SMILES string of the molecule is CCOC(=O)COCCNc1ccc(Br)c(Cl)c1Cl. The quantitative estimate of drug-likeness (QED) is 0.451. The molecule has 0 heterocycles. The van der Waals surface area contributed by atoms with Crippen LogP contribution in [0.2, 0.25) is 10.0 Å². The first-order chi connectivity index (χ1) is 9.06. The van der Waals surface area contributed by atoms with Gasteiger partial charge in [0.05, 0.1) is 28.9 Å². The normalized spacial score (nSPS) is 10.3. The zero-order valence-corrected chi connectivity index (χ0v) is 13.4. The van der Waals surface area contributed by atoms with Crippen LogP contribution < -0.4 is 5.32 Å². The fourth-order valence-electron chi connectivity index (χ4n) is 1.28. The van der Waals surface area contributed by atoms with Gasteiger partial charge in [-0.2, -0.15) is 0 Å². The number of esters is 1. The molecule has 0 aliphatic heterocycles. The molecule has 0 aromatic heterocycles. The molecule has 0 radical (unpaired) electrons. The molecule has 0 fully saturated rings. The molecule has 0 aliphatic rings. The molecule has 1 aromatic rings. The van der Waals surface area contributed by atoms with Gasteiger partial charge in [-0.1, -0.05) is 23.2 Å². The lowest BCUT2D eigenvalue weighted by atomic mass is 10.3. The lowest BCUT2D eigenvalue weighted by Gasteiger charge is -2.10. The van der Waals surface area contributed by atoms with Crippen molar-refractivity contribution in [3.05, 3.63) is 26.7 Å². The summed E-state index contributed by atoms with van der Waals surface area (Å²) >= 11 is 15.3. The van der Waals surface area contributed by atoms with Crippen LogP contribution in [0.4, 0.5) is 5.69 Å². The molecule has 0 spiro atoms. The smallest absolute Gasteiger partial charge is 0.332 e. The zero-order valence-electron chi connectivity index (χ0n) is 10.3. The van der Waals surface area contributed by atoms with E-state index in [-0.39, 0.29) is 12.6 Å². The Labute approximate surface area is 130 Å². The second-order valence-electron chi connectivity index (χ2n) is 3.51. The highest BCUT2D eigenvalue weighted by atomic mass is 79.9. The highest BCUT2D eigenvalue weighted by Gasteiger charge is 2.08. The number of anilines is 1. The number of halogens is 3. The molecule has 0 saturated carbocycles. The first-order valence-corrected chi connectivity index (χ1v) is 7.22. The first kappa shape index (κ1) is 16.6. The second kappa shape index (κ2) is 8.64. The lowest BCUT2D eigenvalue weighted by Crippen LogP contribution is -2.16. The molecule has 0 aliphatic carbocycles. The topological polar surface area (TPSA) is 47.6 Å². The molecule has 106 valence electrons. The van der Waals surface area contributed by atoms with Crippen molar-refractivity contribution in [3.63, 3.8) is 0 Å². The highest BCUT2D eigenvalue weighted by molar-refractivity contribution is 9.10. The largest absolute Gasteiger partial charge is 0.464 e. The Bertz CT molecular complexity index is 443. The molecule has 0 saturated heterocycles. The van der Waals surface area contributed by atoms with Crippen molar-refractivity contribution in [2.45, 2.75) is 6.92 Å². The molecule has 1 rings (SSSR count). The average Bonchev–Trinajstić information content (AvgIpc) is 2.38. The Morgan fingerprint density at radius 2 is 2.11 bits per heavy atom. The van der Waals surface area contributed by atoms with Crippen LogP contribution in [-0.2, 0) is 14.3 Å². The van der Waals surface area contributed by atoms with E-state index in [4.69, 9.17) is 32.7 Å². The summed E-state index contributed by atoms with van der Waals surface area (Å²) in [5.41, 5.74) is 0.717. The summed E-state index contributed by atoms with van der Waals surface area (Å²) in [7, 11) is 0. The van der Waals surface area contributed by atoms with Crippen LogP contribution >= 0.6 is 39.1 Å². The number of nitrogens with one attached hydrogen (secondary N) is 1. The third kappa shape index (κ3) is 5.57. The van der Waals surface area contributed by atoms with Crippen molar-refractivity contribution < 1.29 is 14.3 Å². The summed E-state index contributed by atoms with van der Waals surface area (Å²) in [4.78, 5) is 11.0. The molecule has 1 aromatic carbocycles. The summed E-state index contributed by atoms with van der Waals surface area (Å²) in [5.74, 6) is -0.368. The monoisotopic (exact) mass is 369 g/mol. The van der Waals surface area contributed by atoms with Crippen molar-refractivity contribution in [3.8, 4) is 0 Å². The zero-order chi connectivity index (χ0) is 14.3. The molecule has 0 atom stereocenters. The fourth-order valence-corrected chi connectivity index (χ4v) is 2.12. The van der Waals surface area contributed by atoms with E-state index in [1.54, 1.807) is 13.0 Å². The third-order valence-corrected chi connectivity index (χ3v) is 3.89. The minimum Gasteiger partial charge on any atom is -0.464 e. The van der Waals surface area contributed by atoms with Crippen LogP contribution in [0.15, 0.2) is 16.6 Å². The number of carbonyl (C=O) groups excluding carboxylic acids is 1. The van der Waals surface area contributed by atoms with E-state index in [2.05, 4.69) is 21.2 Å². The molecule has 0 amide bonds. The minimum absolute atomic E-state index is 0.0512. The van der Waals surface area contributed by atoms with Crippen LogP contribution in [-0.4, -0.2) is 32.3 Å². The molecular formula is C12H14BrCl2NO3. The maximum absolute atomic E-state index is 11.0. The van der Waals surface area contributed by atoms with Gasteiger partial charge in [0.2, 0.25) is 0 Å². The Morgan fingerprint density at radius 1 is 1.37 bits per heavy atom. The Morgan fingerprint density at radius 3 is 2.79 bits per heavy atom. The Balaban J connectivity index is 2.30. The van der Waals surface area contributed by atoms with Gasteiger partial charge in [-0.15, -0.1) is 0 Å². The molecule has 4 nitrogen and oxygen atoms in total. The minimum atomic E-state index is -0.368. The number of hydrogen-bond donors (Lipinski definition) is 1. The van der Waals surface area contributed by atoms with Crippen LogP contribution in [0.3, 0.4) is 0 Å². The van der Waals surface area contributed by atoms with Gasteiger partial charge >= 0.3 is 5.97 Å². The van der Waals surface area contributed by atoms with Gasteiger partial charge in [-0.25, -0.2) is 4.79 Å². The van der Waals surface area contributed by atoms with Crippen LogP contribution in [0.1, 0.15) is 6.92 Å². The molecular weight excluding hydrogens is 357 g/mol. The summed E-state index contributed by atoms with van der Waals surface area (Å²) in [6, 6.07) is 3.61. The maximum atomic E-state index is 11.0. The molecule has 1 N–H and O–H groups in total. The van der Waals surface area contributed by atoms with Crippen molar-refractivity contribution >= 4 is 50.8 Å². The summed E-state index contributed by atoms with van der Waals surface area (Å²) in [5, 5.41) is 3.98. The van der Waals surface area contributed by atoms with Gasteiger partial charge in [0.15, 0.2) is 0 Å². The van der Waals surface area contributed by atoms with Gasteiger partial charge in [-0.05, 0) is 35.0 Å². The molecule has 0 unspecified atom stereocenters. The van der Waals surface area contributed by atoms with Crippen molar-refractivity contribution in [1.82, 2.24) is 0 Å². The van der Waals surface area contributed by atoms with Crippen LogP contribution in [0, 0.1) is 0 Å². The van der Waals surface area contributed by atoms with Crippen molar-refractivity contribution in [1.29, 1.82) is 0 Å². The second-order valence-corrected chi connectivity index (χ2v) is 5.12. The fraction of sp³-hybridized carbons (Fsp3) is 0.417. The molecule has 19 heavy (non-hydrogen) atoms. The number of carbonyl (C=O) groups is 1. The van der Waals surface area contributed by atoms with E-state index < -0.39 is 0 Å². The maximum Gasteiger partial charge on any atom is 0.332 e. The summed E-state index contributed by atoms with van der Waals surface area (Å²) < 4.78 is 10.6. The predicted molar refractivity (Wildman–Crippen MR) is 80.1 cm³/mol. The number of hydrogen-bond acceptors (Lipinski definition) is 4.